The predicted molar refractivity (Wildman–Crippen MR) is 131 cm³/mol. The zero-order chi connectivity index (χ0) is 22.3. The number of aromatic nitrogens is 3. The summed E-state index contributed by atoms with van der Waals surface area (Å²) < 4.78 is 6.08. The fourth-order valence-corrected chi connectivity index (χ4v) is 5.16. The second-order valence-corrected chi connectivity index (χ2v) is 9.31. The lowest BCUT2D eigenvalue weighted by molar-refractivity contribution is -0.118. The van der Waals surface area contributed by atoms with E-state index in [1.54, 1.807) is 7.11 Å². The maximum absolute atomic E-state index is 12.6. The normalized spacial score (nSPS) is 11.9. The molecule has 0 bridgehead atoms. The molecule has 0 aliphatic heterocycles. The molecule has 32 heavy (non-hydrogen) atoms. The number of nitrogens with zero attached hydrogens (tertiary/aromatic N) is 2. The number of ether oxygens (including phenoxy) is 1. The fraction of sp³-hybridized carbons (Fsp3) is 0.261. The van der Waals surface area contributed by atoms with Crippen LogP contribution < -0.4 is 15.4 Å². The second-order valence-electron chi connectivity index (χ2n) is 7.11. The topological polar surface area (TPSA) is 91.9 Å². The molecule has 3 N–H and O–H groups in total. The Morgan fingerprint density at radius 2 is 2.00 bits per heavy atom. The lowest BCUT2D eigenvalue weighted by atomic mass is 9.91. The summed E-state index contributed by atoms with van der Waals surface area (Å²) in [5.41, 5.74) is 3.34. The van der Waals surface area contributed by atoms with Crippen LogP contribution in [0.4, 0.5) is 5.13 Å². The van der Waals surface area contributed by atoms with Gasteiger partial charge in [0.2, 0.25) is 11.0 Å². The highest BCUT2D eigenvalue weighted by Crippen LogP contribution is 2.31. The number of nitrogens with one attached hydrogen (secondary N) is 3. The molecule has 166 valence electrons. The van der Waals surface area contributed by atoms with Crippen LogP contribution in [0.5, 0.6) is 5.75 Å². The lowest BCUT2D eigenvalue weighted by Crippen LogP contribution is -2.30. The minimum absolute atomic E-state index is 0.00731. The highest BCUT2D eigenvalue weighted by atomic mass is 32.2. The molecule has 4 aromatic rings. The number of fused-ring (bicyclic) bond motifs is 1. The molecule has 0 aliphatic rings. The summed E-state index contributed by atoms with van der Waals surface area (Å²) in [5, 5.41) is 16.3. The summed E-state index contributed by atoms with van der Waals surface area (Å²) in [6, 6.07) is 16.2. The van der Waals surface area contributed by atoms with Crippen molar-refractivity contribution < 1.29 is 9.53 Å². The van der Waals surface area contributed by atoms with Crippen LogP contribution in [0.3, 0.4) is 0 Å². The van der Waals surface area contributed by atoms with Crippen molar-refractivity contribution in [2.24, 2.45) is 0 Å². The Kier molecular flexibility index (Phi) is 7.28. The number of anilines is 1. The van der Waals surface area contributed by atoms with Crippen LogP contribution in [0, 0.1) is 0 Å². The first-order chi connectivity index (χ1) is 15.7. The Balaban J connectivity index is 1.47. The minimum atomic E-state index is -0.0337. The first-order valence-corrected chi connectivity index (χ1v) is 12.1. The number of rotatable bonds is 10. The Labute approximate surface area is 195 Å². The van der Waals surface area contributed by atoms with Crippen molar-refractivity contribution in [3.63, 3.8) is 0 Å². The Morgan fingerprint density at radius 3 is 2.78 bits per heavy atom. The van der Waals surface area contributed by atoms with E-state index in [4.69, 9.17) is 4.74 Å². The highest BCUT2D eigenvalue weighted by molar-refractivity contribution is 8.01. The van der Waals surface area contributed by atoms with Crippen molar-refractivity contribution in [3.05, 3.63) is 65.9 Å². The standard InChI is InChI=1S/C23H25N5O2S2/c1-3-24-22-27-28-23(32-22)31-14-21(29)26-12-18(15-8-10-16(30-2)11-9-15)19-13-25-20-7-5-4-6-17(19)20/h4-11,13,18,25H,3,12,14H2,1-2H3,(H,24,27)(H,26,29). The predicted octanol–water partition coefficient (Wildman–Crippen LogP) is 4.50. The Hall–Kier alpha value is -3.04. The van der Waals surface area contributed by atoms with E-state index in [0.717, 1.165) is 43.8 Å². The smallest absolute Gasteiger partial charge is 0.230 e. The number of amides is 1. The van der Waals surface area contributed by atoms with Crippen molar-refractivity contribution in [1.82, 2.24) is 20.5 Å². The zero-order valence-corrected chi connectivity index (χ0v) is 19.6. The highest BCUT2D eigenvalue weighted by Gasteiger charge is 2.19. The van der Waals surface area contributed by atoms with E-state index in [0.29, 0.717) is 12.3 Å². The average Bonchev–Trinajstić information content (AvgIpc) is 3.46. The summed E-state index contributed by atoms with van der Waals surface area (Å²) in [7, 11) is 1.66. The lowest BCUT2D eigenvalue weighted by Gasteiger charge is -2.18. The van der Waals surface area contributed by atoms with Gasteiger partial charge in [0.1, 0.15) is 5.75 Å². The molecule has 1 unspecified atom stereocenters. The van der Waals surface area contributed by atoms with Crippen molar-refractivity contribution in [1.29, 1.82) is 0 Å². The van der Waals surface area contributed by atoms with Gasteiger partial charge in [-0.1, -0.05) is 53.4 Å². The van der Waals surface area contributed by atoms with Gasteiger partial charge in [-0.15, -0.1) is 10.2 Å². The molecule has 0 aliphatic carbocycles. The van der Waals surface area contributed by atoms with Crippen LogP contribution in [-0.2, 0) is 4.79 Å². The minimum Gasteiger partial charge on any atom is -0.497 e. The van der Waals surface area contributed by atoms with Gasteiger partial charge < -0.3 is 20.4 Å². The molecule has 0 saturated heterocycles. The van der Waals surface area contributed by atoms with Crippen LogP contribution in [0.2, 0.25) is 0 Å². The van der Waals surface area contributed by atoms with E-state index < -0.39 is 0 Å². The third-order valence-electron chi connectivity index (χ3n) is 5.08. The molecular weight excluding hydrogens is 442 g/mol. The zero-order valence-electron chi connectivity index (χ0n) is 17.9. The fourth-order valence-electron chi connectivity index (χ4n) is 3.51. The van der Waals surface area contributed by atoms with Crippen LogP contribution in [0.15, 0.2) is 59.1 Å². The van der Waals surface area contributed by atoms with Gasteiger partial charge in [0.25, 0.3) is 0 Å². The molecule has 2 aromatic heterocycles. The van der Waals surface area contributed by atoms with Crippen molar-refractivity contribution in [3.8, 4) is 5.75 Å². The van der Waals surface area contributed by atoms with Crippen LogP contribution in [-0.4, -0.2) is 47.0 Å². The number of thioether (sulfide) groups is 1. The Morgan fingerprint density at radius 1 is 1.19 bits per heavy atom. The number of hydrogen-bond donors (Lipinski definition) is 3. The quantitative estimate of drug-likeness (QED) is 0.298. The second kappa shape index (κ2) is 10.5. The van der Waals surface area contributed by atoms with E-state index in [1.165, 1.54) is 23.1 Å². The number of methoxy groups -OCH3 is 1. The molecule has 7 nitrogen and oxygen atoms in total. The molecule has 0 radical (unpaired) electrons. The van der Waals surface area contributed by atoms with E-state index in [9.17, 15) is 4.79 Å². The first kappa shape index (κ1) is 22.2. The molecule has 1 amide bonds. The average molecular weight is 468 g/mol. The molecule has 1 atom stereocenters. The van der Waals surface area contributed by atoms with Crippen LogP contribution in [0.25, 0.3) is 10.9 Å². The third kappa shape index (κ3) is 5.23. The number of carbonyl (C=O) groups excluding carboxylic acids is 1. The monoisotopic (exact) mass is 467 g/mol. The number of carbonyl (C=O) groups is 1. The van der Waals surface area contributed by atoms with E-state index >= 15 is 0 Å². The largest absolute Gasteiger partial charge is 0.497 e. The van der Waals surface area contributed by atoms with Gasteiger partial charge in [0, 0.05) is 36.1 Å². The molecular formula is C23H25N5O2S2. The molecule has 2 heterocycles. The summed E-state index contributed by atoms with van der Waals surface area (Å²) >= 11 is 2.86. The maximum atomic E-state index is 12.6. The van der Waals surface area contributed by atoms with Gasteiger partial charge in [-0.05, 0) is 36.2 Å². The van der Waals surface area contributed by atoms with Crippen molar-refractivity contribution in [2.75, 3.05) is 31.3 Å². The molecule has 9 heteroatoms. The summed E-state index contributed by atoms with van der Waals surface area (Å²) in [5.74, 6) is 1.08. The number of benzene rings is 2. The van der Waals surface area contributed by atoms with E-state index in [2.05, 4.69) is 50.1 Å². The molecule has 0 spiro atoms. The SMILES string of the molecule is CCNc1nnc(SCC(=O)NCC(c2ccc(OC)cc2)c2c[nH]c3ccccc23)s1. The van der Waals surface area contributed by atoms with Gasteiger partial charge >= 0.3 is 0 Å². The molecule has 4 rings (SSSR count). The first-order valence-electron chi connectivity index (χ1n) is 10.3. The Bertz CT molecular complexity index is 1170. The summed E-state index contributed by atoms with van der Waals surface area (Å²) in [4.78, 5) is 15.9. The van der Waals surface area contributed by atoms with Gasteiger partial charge in [-0.3, -0.25) is 4.79 Å². The third-order valence-corrected chi connectivity index (χ3v) is 7.09. The van der Waals surface area contributed by atoms with Gasteiger partial charge in [-0.2, -0.15) is 0 Å². The number of para-hydroxylation sites is 1. The number of H-pyrrole nitrogens is 1. The number of aromatic amines is 1. The molecule has 2 aromatic carbocycles. The van der Waals surface area contributed by atoms with E-state index in [-0.39, 0.29) is 11.8 Å². The van der Waals surface area contributed by atoms with Crippen molar-refractivity contribution >= 4 is 45.0 Å². The molecule has 0 saturated carbocycles. The number of hydrogen-bond acceptors (Lipinski definition) is 7. The van der Waals surface area contributed by atoms with Gasteiger partial charge in [0.05, 0.1) is 12.9 Å². The van der Waals surface area contributed by atoms with Gasteiger partial charge in [0.15, 0.2) is 4.34 Å². The van der Waals surface area contributed by atoms with Gasteiger partial charge in [-0.25, -0.2) is 0 Å². The summed E-state index contributed by atoms with van der Waals surface area (Å²) in [6.07, 6.45) is 2.03. The maximum Gasteiger partial charge on any atom is 0.230 e. The van der Waals surface area contributed by atoms with E-state index in [1.807, 2.05) is 37.4 Å². The molecule has 0 fully saturated rings. The van der Waals surface area contributed by atoms with Crippen LogP contribution in [0.1, 0.15) is 24.0 Å². The summed E-state index contributed by atoms with van der Waals surface area (Å²) in [6.45, 7) is 3.29. The van der Waals surface area contributed by atoms with Crippen molar-refractivity contribution in [2.45, 2.75) is 17.2 Å². The van der Waals surface area contributed by atoms with Crippen LogP contribution >= 0.6 is 23.1 Å².